The van der Waals surface area contributed by atoms with Gasteiger partial charge in [-0.05, 0) is 41.0 Å². The maximum atomic E-state index is 13.4. The van der Waals surface area contributed by atoms with Crippen LogP contribution in [-0.2, 0) is 13.5 Å². The molecule has 0 saturated carbocycles. The molecule has 1 amide bonds. The molecule has 2 aromatic rings. The number of rotatable bonds is 7. The molecule has 0 aliphatic heterocycles. The first-order valence-corrected chi connectivity index (χ1v) is 9.63. The number of amides is 1. The first kappa shape index (κ1) is 20.9. The summed E-state index contributed by atoms with van der Waals surface area (Å²) < 4.78 is 3.31. The van der Waals surface area contributed by atoms with Gasteiger partial charge in [-0.3, -0.25) is 18.8 Å². The summed E-state index contributed by atoms with van der Waals surface area (Å²) >= 11 is 0. The predicted octanol–water partition coefficient (Wildman–Crippen LogP) is 3.26. The molecule has 148 valence electrons. The summed E-state index contributed by atoms with van der Waals surface area (Å²) in [4.78, 5) is 32.9. The molecule has 0 N–H and O–H groups in total. The van der Waals surface area contributed by atoms with E-state index in [4.69, 9.17) is 0 Å². The first-order chi connectivity index (χ1) is 12.7. The van der Waals surface area contributed by atoms with Crippen LogP contribution in [0, 0.1) is 6.92 Å². The number of aromatic nitrogens is 4. The van der Waals surface area contributed by atoms with Gasteiger partial charge in [-0.1, -0.05) is 13.3 Å². The van der Waals surface area contributed by atoms with Gasteiger partial charge in [0.05, 0.1) is 17.6 Å². The summed E-state index contributed by atoms with van der Waals surface area (Å²) in [6, 6.07) is -0.178. The highest BCUT2D eigenvalue weighted by atomic mass is 16.2. The maximum absolute atomic E-state index is 13.4. The second-order valence-corrected chi connectivity index (χ2v) is 7.50. The van der Waals surface area contributed by atoms with E-state index in [1.165, 1.54) is 0 Å². The van der Waals surface area contributed by atoms with Crippen molar-refractivity contribution in [2.75, 3.05) is 4.90 Å². The summed E-state index contributed by atoms with van der Waals surface area (Å²) in [5.41, 5.74) is 1.04. The Labute approximate surface area is 161 Å². The van der Waals surface area contributed by atoms with Crippen molar-refractivity contribution in [2.45, 2.75) is 72.9 Å². The summed E-state index contributed by atoms with van der Waals surface area (Å²) in [7, 11) is 1.80. The van der Waals surface area contributed by atoms with Gasteiger partial charge >= 0.3 is 0 Å². The molecule has 7 nitrogen and oxygen atoms in total. The molecule has 0 atom stereocenters. The molecule has 0 aromatic carbocycles. The largest absolute Gasteiger partial charge is 0.303 e. The van der Waals surface area contributed by atoms with E-state index in [0.717, 1.165) is 25.1 Å². The SMILES string of the molecule is CCCCc1nc(C)c(C(=O)N(c2cnn(C)c2)C(C)C)c(=O)n1C(C)C. The van der Waals surface area contributed by atoms with Crippen molar-refractivity contribution in [3.05, 3.63) is 39.8 Å². The quantitative estimate of drug-likeness (QED) is 0.747. The molecule has 0 radical (unpaired) electrons. The van der Waals surface area contributed by atoms with Crippen molar-refractivity contribution in [3.63, 3.8) is 0 Å². The lowest BCUT2D eigenvalue weighted by atomic mass is 10.1. The molecule has 0 unspecified atom stereocenters. The lowest BCUT2D eigenvalue weighted by Crippen LogP contribution is -2.42. The second kappa shape index (κ2) is 8.50. The smallest absolute Gasteiger partial charge is 0.266 e. The molecular formula is C20H31N5O2. The van der Waals surface area contributed by atoms with Crippen molar-refractivity contribution in [2.24, 2.45) is 7.05 Å². The van der Waals surface area contributed by atoms with Gasteiger partial charge in [-0.15, -0.1) is 0 Å². The molecule has 0 saturated heterocycles. The Hall–Kier alpha value is -2.44. The molecule has 2 rings (SSSR count). The lowest BCUT2D eigenvalue weighted by molar-refractivity contribution is 0.0976. The highest BCUT2D eigenvalue weighted by Crippen LogP contribution is 2.20. The van der Waals surface area contributed by atoms with Crippen molar-refractivity contribution in [1.82, 2.24) is 19.3 Å². The Kier molecular flexibility index (Phi) is 6.57. The standard InChI is InChI=1S/C20H31N5O2/c1-8-9-10-17-22-15(6)18(20(27)25(17)14(4)5)19(26)24(13(2)3)16-11-21-23(7)12-16/h11-14H,8-10H2,1-7H3. The third kappa shape index (κ3) is 4.28. The molecule has 2 aromatic heterocycles. The highest BCUT2D eigenvalue weighted by molar-refractivity contribution is 6.06. The normalized spacial score (nSPS) is 11.4. The molecule has 27 heavy (non-hydrogen) atoms. The van der Waals surface area contributed by atoms with E-state index in [-0.39, 0.29) is 29.1 Å². The van der Waals surface area contributed by atoms with Gasteiger partial charge in [-0.2, -0.15) is 5.10 Å². The Morgan fingerprint density at radius 2 is 1.93 bits per heavy atom. The third-order valence-electron chi connectivity index (χ3n) is 4.56. The van der Waals surface area contributed by atoms with E-state index in [0.29, 0.717) is 11.4 Å². The Morgan fingerprint density at radius 1 is 1.26 bits per heavy atom. The minimum atomic E-state index is -0.329. The summed E-state index contributed by atoms with van der Waals surface area (Å²) in [6.07, 6.45) is 6.12. The zero-order chi connectivity index (χ0) is 20.3. The van der Waals surface area contributed by atoms with Crippen LogP contribution in [0.5, 0.6) is 0 Å². The molecule has 0 aliphatic carbocycles. The number of carbonyl (C=O) groups is 1. The first-order valence-electron chi connectivity index (χ1n) is 9.63. The van der Waals surface area contributed by atoms with Gasteiger partial charge in [0.25, 0.3) is 11.5 Å². The van der Waals surface area contributed by atoms with Crippen molar-refractivity contribution in [3.8, 4) is 0 Å². The predicted molar refractivity (Wildman–Crippen MR) is 107 cm³/mol. The van der Waals surface area contributed by atoms with Crippen LogP contribution < -0.4 is 10.5 Å². The number of hydrogen-bond acceptors (Lipinski definition) is 4. The maximum Gasteiger partial charge on any atom is 0.266 e. The van der Waals surface area contributed by atoms with E-state index >= 15 is 0 Å². The van der Waals surface area contributed by atoms with Gasteiger partial charge < -0.3 is 4.90 Å². The average molecular weight is 374 g/mol. The number of carbonyl (C=O) groups excluding carboxylic acids is 1. The van der Waals surface area contributed by atoms with E-state index in [1.54, 1.807) is 40.5 Å². The van der Waals surface area contributed by atoms with E-state index < -0.39 is 0 Å². The Bertz CT molecular complexity index is 864. The molecule has 0 aliphatic rings. The van der Waals surface area contributed by atoms with Crippen LogP contribution >= 0.6 is 0 Å². The Morgan fingerprint density at radius 3 is 2.41 bits per heavy atom. The molecule has 2 heterocycles. The van der Waals surface area contributed by atoms with Crippen molar-refractivity contribution >= 4 is 11.6 Å². The fraction of sp³-hybridized carbons (Fsp3) is 0.600. The van der Waals surface area contributed by atoms with E-state index in [1.807, 2.05) is 27.7 Å². The third-order valence-corrected chi connectivity index (χ3v) is 4.56. The Balaban J connectivity index is 2.60. The number of nitrogens with zero attached hydrogens (tertiary/aromatic N) is 5. The van der Waals surface area contributed by atoms with Crippen molar-refractivity contribution in [1.29, 1.82) is 0 Å². The van der Waals surface area contributed by atoms with Crippen LogP contribution in [0.2, 0.25) is 0 Å². The fourth-order valence-corrected chi connectivity index (χ4v) is 3.29. The molecule has 0 bridgehead atoms. The van der Waals surface area contributed by atoms with Gasteiger partial charge in [0.15, 0.2) is 0 Å². The lowest BCUT2D eigenvalue weighted by Gasteiger charge is -2.26. The average Bonchev–Trinajstić information content (AvgIpc) is 2.97. The molecule has 0 fully saturated rings. The van der Waals surface area contributed by atoms with Crippen LogP contribution in [0.1, 0.15) is 75.4 Å². The molecular weight excluding hydrogens is 342 g/mol. The minimum absolute atomic E-state index is 0.0603. The number of aryl methyl sites for hydroxylation is 3. The summed E-state index contributed by atoms with van der Waals surface area (Å²) in [6.45, 7) is 11.6. The van der Waals surface area contributed by atoms with E-state index in [2.05, 4.69) is 17.0 Å². The monoisotopic (exact) mass is 373 g/mol. The van der Waals surface area contributed by atoms with Gasteiger partial charge in [0.1, 0.15) is 11.4 Å². The van der Waals surface area contributed by atoms with Gasteiger partial charge in [0, 0.05) is 31.7 Å². The van der Waals surface area contributed by atoms with Crippen molar-refractivity contribution < 1.29 is 4.79 Å². The van der Waals surface area contributed by atoms with Gasteiger partial charge in [-0.25, -0.2) is 4.98 Å². The number of hydrogen-bond donors (Lipinski definition) is 0. The van der Waals surface area contributed by atoms with Crippen LogP contribution in [0.4, 0.5) is 5.69 Å². The summed E-state index contributed by atoms with van der Waals surface area (Å²) in [5.74, 6) is 0.424. The fourth-order valence-electron chi connectivity index (χ4n) is 3.29. The van der Waals surface area contributed by atoms with Crippen LogP contribution in [0.3, 0.4) is 0 Å². The van der Waals surface area contributed by atoms with Crippen LogP contribution in [-0.4, -0.2) is 31.3 Å². The van der Waals surface area contributed by atoms with E-state index in [9.17, 15) is 9.59 Å². The molecule has 7 heteroatoms. The number of anilines is 1. The zero-order valence-electron chi connectivity index (χ0n) is 17.5. The minimum Gasteiger partial charge on any atom is -0.303 e. The zero-order valence-corrected chi connectivity index (χ0v) is 17.5. The van der Waals surface area contributed by atoms with Crippen LogP contribution in [0.15, 0.2) is 17.2 Å². The second-order valence-electron chi connectivity index (χ2n) is 7.50. The molecule has 0 spiro atoms. The highest BCUT2D eigenvalue weighted by Gasteiger charge is 2.28. The number of unbranched alkanes of at least 4 members (excludes halogenated alkanes) is 1. The summed E-state index contributed by atoms with van der Waals surface area (Å²) in [5, 5.41) is 4.16. The van der Waals surface area contributed by atoms with Gasteiger partial charge in [0.2, 0.25) is 0 Å². The van der Waals surface area contributed by atoms with Crippen LogP contribution in [0.25, 0.3) is 0 Å². The topological polar surface area (TPSA) is 73.0 Å².